The molecule has 0 unspecified atom stereocenters. The zero-order valence-corrected chi connectivity index (χ0v) is 12.0. The number of carbonyl (C=O) groups excluding carboxylic acids is 2. The number of carbonyl (C=O) groups is 2. The van der Waals surface area contributed by atoms with E-state index in [1.165, 1.54) is 7.11 Å². The van der Waals surface area contributed by atoms with Crippen LogP contribution in [0.3, 0.4) is 0 Å². The van der Waals surface area contributed by atoms with Gasteiger partial charge in [-0.3, -0.25) is 4.79 Å². The van der Waals surface area contributed by atoms with E-state index in [2.05, 4.69) is 4.90 Å². The van der Waals surface area contributed by atoms with E-state index in [1.54, 1.807) is 0 Å². The number of hydrogen-bond donors (Lipinski definition) is 0. The fourth-order valence-electron chi connectivity index (χ4n) is 4.68. The van der Waals surface area contributed by atoms with Crippen molar-refractivity contribution in [2.45, 2.75) is 38.1 Å². The highest BCUT2D eigenvalue weighted by Gasteiger charge is 2.58. The molecule has 0 aromatic carbocycles. The second-order valence-electron chi connectivity index (χ2n) is 7.08. The van der Waals surface area contributed by atoms with Gasteiger partial charge in [-0.1, -0.05) is 0 Å². The van der Waals surface area contributed by atoms with Crippen LogP contribution in [0.2, 0.25) is 0 Å². The third-order valence-electron chi connectivity index (χ3n) is 5.89. The van der Waals surface area contributed by atoms with Crippen LogP contribution in [0.25, 0.3) is 0 Å². The van der Waals surface area contributed by atoms with Gasteiger partial charge in [0.25, 0.3) is 0 Å². The lowest BCUT2D eigenvalue weighted by Crippen LogP contribution is -2.63. The highest BCUT2D eigenvalue weighted by Crippen LogP contribution is 2.56. The first-order chi connectivity index (χ1) is 9.63. The van der Waals surface area contributed by atoms with E-state index >= 15 is 0 Å². The summed E-state index contributed by atoms with van der Waals surface area (Å²) in [4.78, 5) is 28.4. The summed E-state index contributed by atoms with van der Waals surface area (Å²) in [5, 5.41) is 0. The lowest BCUT2D eigenvalue weighted by Gasteiger charge is -2.53. The Morgan fingerprint density at radius 2 is 2.05 bits per heavy atom. The monoisotopic (exact) mass is 278 g/mol. The van der Waals surface area contributed by atoms with Gasteiger partial charge in [-0.2, -0.15) is 0 Å². The molecule has 2 amide bonds. The molecule has 4 fully saturated rings. The summed E-state index contributed by atoms with van der Waals surface area (Å²) in [6, 6.07) is 0.359. The molecule has 0 radical (unpaired) electrons. The minimum atomic E-state index is -0.214. The normalized spacial score (nSPS) is 37.6. The molecule has 1 spiro atoms. The van der Waals surface area contributed by atoms with Crippen LogP contribution in [0.5, 0.6) is 0 Å². The summed E-state index contributed by atoms with van der Waals surface area (Å²) < 4.78 is 4.86. The van der Waals surface area contributed by atoms with Crippen LogP contribution in [-0.2, 0) is 9.53 Å². The van der Waals surface area contributed by atoms with Crippen molar-refractivity contribution < 1.29 is 14.3 Å². The van der Waals surface area contributed by atoms with E-state index in [0.717, 1.165) is 51.7 Å². The largest absolute Gasteiger partial charge is 0.453 e. The summed E-state index contributed by atoms with van der Waals surface area (Å²) in [6.45, 7) is 2.34. The van der Waals surface area contributed by atoms with Crippen molar-refractivity contribution in [1.82, 2.24) is 9.80 Å². The molecule has 20 heavy (non-hydrogen) atoms. The van der Waals surface area contributed by atoms with E-state index in [-0.39, 0.29) is 11.5 Å². The van der Waals surface area contributed by atoms with E-state index < -0.39 is 0 Å². The smallest absolute Gasteiger partial charge is 0.409 e. The molecule has 4 aliphatic rings. The molecular weight excluding hydrogens is 256 g/mol. The van der Waals surface area contributed by atoms with Gasteiger partial charge in [-0.25, -0.2) is 4.79 Å². The molecule has 1 aliphatic carbocycles. The molecule has 5 nitrogen and oxygen atoms in total. The molecule has 0 aromatic heterocycles. The van der Waals surface area contributed by atoms with Crippen molar-refractivity contribution in [2.24, 2.45) is 17.3 Å². The SMILES string of the molecule is COC(=O)N1C[C@@H]2C[C@H](C1)[C@@H]1CCC3(CC3)C(=O)N1C2. The lowest BCUT2D eigenvalue weighted by atomic mass is 9.73. The molecule has 4 rings (SSSR count). The van der Waals surface area contributed by atoms with Crippen LogP contribution in [0.1, 0.15) is 32.1 Å². The predicted octanol–water partition coefficient (Wildman–Crippen LogP) is 1.48. The van der Waals surface area contributed by atoms with Gasteiger partial charge in [0.1, 0.15) is 0 Å². The molecule has 1 saturated carbocycles. The van der Waals surface area contributed by atoms with Crippen LogP contribution in [0.15, 0.2) is 0 Å². The van der Waals surface area contributed by atoms with Crippen LogP contribution in [0.4, 0.5) is 4.79 Å². The van der Waals surface area contributed by atoms with E-state index in [4.69, 9.17) is 4.74 Å². The molecule has 0 N–H and O–H groups in total. The van der Waals surface area contributed by atoms with Crippen molar-refractivity contribution >= 4 is 12.0 Å². The quantitative estimate of drug-likeness (QED) is 0.674. The Morgan fingerprint density at radius 1 is 1.25 bits per heavy atom. The van der Waals surface area contributed by atoms with Gasteiger partial charge in [-0.15, -0.1) is 0 Å². The standard InChI is InChI=1S/C15H22N2O3/c1-20-14(19)16-7-10-6-11(9-16)12-2-3-15(4-5-15)13(18)17(12)8-10/h10-12H,2-9H2,1H3/t10-,11+,12-/m0/s1. The van der Waals surface area contributed by atoms with Gasteiger partial charge >= 0.3 is 6.09 Å². The molecule has 3 saturated heterocycles. The van der Waals surface area contributed by atoms with Crippen molar-refractivity contribution in [2.75, 3.05) is 26.7 Å². The summed E-state index contributed by atoms with van der Waals surface area (Å²) in [7, 11) is 1.44. The first-order valence-corrected chi connectivity index (χ1v) is 7.77. The number of piperidine rings is 3. The highest BCUT2D eigenvalue weighted by molar-refractivity contribution is 5.86. The summed E-state index contributed by atoms with van der Waals surface area (Å²) in [5.74, 6) is 1.29. The van der Waals surface area contributed by atoms with Crippen LogP contribution < -0.4 is 0 Å². The number of ether oxygens (including phenoxy) is 1. The second kappa shape index (κ2) is 4.12. The van der Waals surface area contributed by atoms with Crippen molar-refractivity contribution in [3.8, 4) is 0 Å². The fourth-order valence-corrected chi connectivity index (χ4v) is 4.68. The maximum Gasteiger partial charge on any atom is 0.409 e. The van der Waals surface area contributed by atoms with Crippen LogP contribution in [0, 0.1) is 17.3 Å². The molecule has 3 atom stereocenters. The van der Waals surface area contributed by atoms with Crippen LogP contribution in [-0.4, -0.2) is 54.6 Å². The lowest BCUT2D eigenvalue weighted by molar-refractivity contribution is -0.152. The van der Waals surface area contributed by atoms with Gasteiger partial charge in [0.15, 0.2) is 0 Å². The number of rotatable bonds is 0. The zero-order chi connectivity index (χ0) is 13.9. The Kier molecular flexibility index (Phi) is 2.57. The van der Waals surface area contributed by atoms with Gasteiger partial charge in [0.05, 0.1) is 7.11 Å². The average molecular weight is 278 g/mol. The Hall–Kier alpha value is -1.26. The molecule has 3 heterocycles. The maximum atomic E-state index is 12.7. The third-order valence-corrected chi connectivity index (χ3v) is 5.89. The Labute approximate surface area is 119 Å². The zero-order valence-electron chi connectivity index (χ0n) is 12.0. The number of nitrogens with zero attached hydrogens (tertiary/aromatic N) is 2. The number of likely N-dealkylation sites (tertiary alicyclic amines) is 1. The van der Waals surface area contributed by atoms with Gasteiger partial charge in [-0.05, 0) is 43.9 Å². The summed E-state index contributed by atoms with van der Waals surface area (Å²) in [5.41, 5.74) is 0.0319. The van der Waals surface area contributed by atoms with Gasteiger partial charge < -0.3 is 14.5 Å². The van der Waals surface area contributed by atoms with E-state index in [9.17, 15) is 9.59 Å². The van der Waals surface area contributed by atoms with Crippen molar-refractivity contribution in [1.29, 1.82) is 0 Å². The third kappa shape index (κ3) is 1.68. The van der Waals surface area contributed by atoms with Gasteiger partial charge in [0.2, 0.25) is 5.91 Å². The topological polar surface area (TPSA) is 49.9 Å². The van der Waals surface area contributed by atoms with Crippen LogP contribution >= 0.6 is 0 Å². The Bertz CT molecular complexity index is 460. The highest BCUT2D eigenvalue weighted by atomic mass is 16.5. The number of methoxy groups -OCH3 is 1. The minimum absolute atomic E-state index is 0.0319. The number of amides is 2. The summed E-state index contributed by atoms with van der Waals surface area (Å²) in [6.07, 6.45) is 5.32. The molecule has 2 bridgehead atoms. The maximum absolute atomic E-state index is 12.7. The number of fused-ring (bicyclic) bond motifs is 4. The molecule has 3 aliphatic heterocycles. The Balaban J connectivity index is 1.54. The second-order valence-corrected chi connectivity index (χ2v) is 7.08. The van der Waals surface area contributed by atoms with Gasteiger partial charge in [0, 0.05) is 31.1 Å². The molecular formula is C15H22N2O3. The van der Waals surface area contributed by atoms with Crippen molar-refractivity contribution in [3.63, 3.8) is 0 Å². The first kappa shape index (κ1) is 12.5. The van der Waals surface area contributed by atoms with E-state index in [0.29, 0.717) is 23.8 Å². The molecule has 110 valence electrons. The predicted molar refractivity (Wildman–Crippen MR) is 72.0 cm³/mol. The Morgan fingerprint density at radius 3 is 2.75 bits per heavy atom. The molecule has 0 aromatic rings. The van der Waals surface area contributed by atoms with Crippen molar-refractivity contribution in [3.05, 3.63) is 0 Å². The van der Waals surface area contributed by atoms with E-state index in [1.807, 2.05) is 4.90 Å². The molecule has 5 heteroatoms. The average Bonchev–Trinajstić information content (AvgIpc) is 3.23. The summed E-state index contributed by atoms with van der Waals surface area (Å²) >= 11 is 0. The minimum Gasteiger partial charge on any atom is -0.453 e. The fraction of sp³-hybridized carbons (Fsp3) is 0.867. The first-order valence-electron chi connectivity index (χ1n) is 7.77. The number of hydrogen-bond acceptors (Lipinski definition) is 3.